The van der Waals surface area contributed by atoms with Gasteiger partial charge < -0.3 is 9.90 Å². The molecular weight excluding hydrogens is 219 g/mol. The maximum atomic E-state index is 13.1. The second kappa shape index (κ2) is 4.78. The second-order valence-corrected chi connectivity index (χ2v) is 3.73. The van der Waals surface area contributed by atoms with E-state index in [0.29, 0.717) is 6.29 Å². The SMILES string of the molecule is O=CC(c1ccccc1)c1cc(F)ccc1O. The molecule has 1 unspecified atom stereocenters. The van der Waals surface area contributed by atoms with Crippen molar-refractivity contribution in [3.63, 3.8) is 0 Å². The summed E-state index contributed by atoms with van der Waals surface area (Å²) in [6.07, 6.45) is 0.698. The van der Waals surface area contributed by atoms with Crippen LogP contribution in [-0.2, 0) is 4.79 Å². The van der Waals surface area contributed by atoms with E-state index >= 15 is 0 Å². The van der Waals surface area contributed by atoms with Crippen LogP contribution >= 0.6 is 0 Å². The van der Waals surface area contributed by atoms with Crippen LogP contribution in [0.3, 0.4) is 0 Å². The van der Waals surface area contributed by atoms with Crippen LogP contribution in [0.25, 0.3) is 0 Å². The summed E-state index contributed by atoms with van der Waals surface area (Å²) in [6.45, 7) is 0. The molecule has 0 radical (unpaired) electrons. The maximum Gasteiger partial charge on any atom is 0.131 e. The van der Waals surface area contributed by atoms with Gasteiger partial charge in [0.25, 0.3) is 0 Å². The number of aldehydes is 1. The number of phenols is 1. The Hall–Kier alpha value is -2.16. The highest BCUT2D eigenvalue weighted by Crippen LogP contribution is 2.30. The average Bonchev–Trinajstić information content (AvgIpc) is 2.36. The van der Waals surface area contributed by atoms with Crippen LogP contribution < -0.4 is 0 Å². The van der Waals surface area contributed by atoms with Gasteiger partial charge in [-0.3, -0.25) is 0 Å². The minimum absolute atomic E-state index is 0.0765. The normalized spacial score (nSPS) is 12.1. The third kappa shape index (κ3) is 2.33. The van der Waals surface area contributed by atoms with E-state index in [9.17, 15) is 14.3 Å². The average molecular weight is 230 g/mol. The molecule has 86 valence electrons. The molecule has 1 N–H and O–H groups in total. The van der Waals surface area contributed by atoms with Crippen molar-refractivity contribution in [2.75, 3.05) is 0 Å². The number of carbonyl (C=O) groups is 1. The van der Waals surface area contributed by atoms with Crippen molar-refractivity contribution >= 4 is 6.29 Å². The van der Waals surface area contributed by atoms with E-state index in [1.54, 1.807) is 24.3 Å². The second-order valence-electron chi connectivity index (χ2n) is 3.73. The lowest BCUT2D eigenvalue weighted by molar-refractivity contribution is -0.108. The number of hydrogen-bond acceptors (Lipinski definition) is 2. The van der Waals surface area contributed by atoms with E-state index in [4.69, 9.17) is 0 Å². The summed E-state index contributed by atoms with van der Waals surface area (Å²) in [6, 6.07) is 12.5. The lowest BCUT2D eigenvalue weighted by Gasteiger charge is -2.12. The highest BCUT2D eigenvalue weighted by molar-refractivity contribution is 5.70. The van der Waals surface area contributed by atoms with Crippen molar-refractivity contribution < 1.29 is 14.3 Å². The van der Waals surface area contributed by atoms with Gasteiger partial charge in [-0.1, -0.05) is 30.3 Å². The number of carbonyl (C=O) groups excluding carboxylic acids is 1. The van der Waals surface area contributed by atoms with Crippen molar-refractivity contribution in [1.82, 2.24) is 0 Å². The fourth-order valence-electron chi connectivity index (χ4n) is 1.77. The summed E-state index contributed by atoms with van der Waals surface area (Å²) < 4.78 is 13.1. The molecule has 0 aromatic heterocycles. The van der Waals surface area contributed by atoms with E-state index < -0.39 is 11.7 Å². The van der Waals surface area contributed by atoms with Gasteiger partial charge >= 0.3 is 0 Å². The molecule has 0 bridgehead atoms. The number of halogens is 1. The van der Waals surface area contributed by atoms with Crippen LogP contribution in [0.4, 0.5) is 4.39 Å². The van der Waals surface area contributed by atoms with Crippen molar-refractivity contribution in [3.8, 4) is 5.75 Å². The molecule has 3 heteroatoms. The Labute approximate surface area is 98.3 Å². The van der Waals surface area contributed by atoms with Gasteiger partial charge in [-0.15, -0.1) is 0 Å². The topological polar surface area (TPSA) is 37.3 Å². The predicted molar refractivity (Wildman–Crippen MR) is 62.4 cm³/mol. The summed E-state index contributed by atoms with van der Waals surface area (Å²) in [4.78, 5) is 11.1. The summed E-state index contributed by atoms with van der Waals surface area (Å²) in [5, 5.41) is 9.67. The molecule has 0 aliphatic carbocycles. The van der Waals surface area contributed by atoms with Gasteiger partial charge in [0.1, 0.15) is 17.9 Å². The van der Waals surface area contributed by atoms with E-state index in [-0.39, 0.29) is 11.3 Å². The number of rotatable bonds is 3. The molecule has 0 heterocycles. The number of benzene rings is 2. The zero-order chi connectivity index (χ0) is 12.3. The first-order chi connectivity index (χ1) is 8.22. The van der Waals surface area contributed by atoms with Crippen molar-refractivity contribution in [3.05, 3.63) is 65.5 Å². The Bertz CT molecular complexity index is 523. The molecule has 0 amide bonds. The molecule has 2 aromatic carbocycles. The molecule has 0 aliphatic rings. The van der Waals surface area contributed by atoms with E-state index in [2.05, 4.69) is 0 Å². The van der Waals surface area contributed by atoms with Gasteiger partial charge in [0.2, 0.25) is 0 Å². The highest BCUT2D eigenvalue weighted by atomic mass is 19.1. The zero-order valence-corrected chi connectivity index (χ0v) is 9.01. The fraction of sp³-hybridized carbons (Fsp3) is 0.0714. The summed E-state index contributed by atoms with van der Waals surface area (Å²) in [5.74, 6) is -1.19. The first-order valence-electron chi connectivity index (χ1n) is 5.21. The minimum Gasteiger partial charge on any atom is -0.508 e. The first kappa shape index (κ1) is 11.3. The maximum absolute atomic E-state index is 13.1. The molecule has 2 rings (SSSR count). The third-order valence-corrected chi connectivity index (χ3v) is 2.62. The molecule has 1 atom stereocenters. The van der Waals surface area contributed by atoms with Gasteiger partial charge in [-0.25, -0.2) is 4.39 Å². The third-order valence-electron chi connectivity index (χ3n) is 2.62. The van der Waals surface area contributed by atoms with Gasteiger partial charge in [0, 0.05) is 5.56 Å². The summed E-state index contributed by atoms with van der Waals surface area (Å²) in [5.41, 5.74) is 1.01. The molecule has 2 nitrogen and oxygen atoms in total. The molecule has 17 heavy (non-hydrogen) atoms. The van der Waals surface area contributed by atoms with Gasteiger partial charge in [0.15, 0.2) is 0 Å². The molecule has 0 saturated heterocycles. The van der Waals surface area contributed by atoms with Crippen LogP contribution in [0.15, 0.2) is 48.5 Å². The lowest BCUT2D eigenvalue weighted by Crippen LogP contribution is -2.03. The first-order valence-corrected chi connectivity index (χ1v) is 5.21. The highest BCUT2D eigenvalue weighted by Gasteiger charge is 2.17. The Kier molecular flexibility index (Phi) is 3.19. The van der Waals surface area contributed by atoms with Crippen molar-refractivity contribution in [2.24, 2.45) is 0 Å². The van der Waals surface area contributed by atoms with Crippen LogP contribution in [0.1, 0.15) is 17.0 Å². The monoisotopic (exact) mass is 230 g/mol. The smallest absolute Gasteiger partial charge is 0.131 e. The van der Waals surface area contributed by atoms with Gasteiger partial charge in [-0.2, -0.15) is 0 Å². The van der Waals surface area contributed by atoms with E-state index in [1.165, 1.54) is 12.1 Å². The lowest BCUT2D eigenvalue weighted by atomic mass is 9.92. The Morgan fingerprint density at radius 2 is 1.82 bits per heavy atom. The van der Waals surface area contributed by atoms with E-state index in [1.807, 2.05) is 6.07 Å². The Morgan fingerprint density at radius 1 is 1.12 bits per heavy atom. The number of phenolic OH excluding ortho intramolecular Hbond substituents is 1. The standard InChI is InChI=1S/C14H11FO2/c15-11-6-7-14(17)12(8-11)13(9-16)10-4-2-1-3-5-10/h1-9,13,17H. The van der Waals surface area contributed by atoms with E-state index in [0.717, 1.165) is 11.6 Å². The number of hydrogen-bond donors (Lipinski definition) is 1. The van der Waals surface area contributed by atoms with Crippen LogP contribution in [0.2, 0.25) is 0 Å². The van der Waals surface area contributed by atoms with Crippen LogP contribution in [0, 0.1) is 5.82 Å². The van der Waals surface area contributed by atoms with Gasteiger partial charge in [-0.05, 0) is 23.8 Å². The minimum atomic E-state index is -0.646. The van der Waals surface area contributed by atoms with Gasteiger partial charge in [0.05, 0.1) is 5.92 Å². The zero-order valence-electron chi connectivity index (χ0n) is 9.01. The molecular formula is C14H11FO2. The quantitative estimate of drug-likeness (QED) is 0.823. The molecule has 0 aliphatic heterocycles. The Balaban J connectivity index is 2.49. The molecule has 2 aromatic rings. The molecule has 0 fully saturated rings. The largest absolute Gasteiger partial charge is 0.508 e. The summed E-state index contributed by atoms with van der Waals surface area (Å²) >= 11 is 0. The van der Waals surface area contributed by atoms with Crippen LogP contribution in [0.5, 0.6) is 5.75 Å². The van der Waals surface area contributed by atoms with Crippen molar-refractivity contribution in [1.29, 1.82) is 0 Å². The number of aromatic hydroxyl groups is 1. The fourth-order valence-corrected chi connectivity index (χ4v) is 1.77. The predicted octanol–water partition coefficient (Wildman–Crippen LogP) is 2.86. The Morgan fingerprint density at radius 3 is 2.47 bits per heavy atom. The molecule has 0 spiro atoms. The molecule has 0 saturated carbocycles. The van der Waals surface area contributed by atoms with Crippen molar-refractivity contribution in [2.45, 2.75) is 5.92 Å². The van der Waals surface area contributed by atoms with Crippen LogP contribution in [-0.4, -0.2) is 11.4 Å². The summed E-state index contributed by atoms with van der Waals surface area (Å²) in [7, 11) is 0.